The maximum atomic E-state index is 14.0. The van der Waals surface area contributed by atoms with E-state index in [0.717, 1.165) is 66.9 Å². The number of hydrogen-bond donors (Lipinski definition) is 0. The van der Waals surface area contributed by atoms with Crippen LogP contribution in [0.25, 0.3) is 0 Å². The Bertz CT molecular complexity index is 1310. The van der Waals surface area contributed by atoms with Crippen LogP contribution in [-0.2, 0) is 28.3 Å². The molecule has 1 saturated heterocycles. The van der Waals surface area contributed by atoms with Crippen LogP contribution in [0.4, 0.5) is 13.2 Å². The van der Waals surface area contributed by atoms with Crippen LogP contribution in [0.5, 0.6) is 0 Å². The van der Waals surface area contributed by atoms with Gasteiger partial charge in [0.1, 0.15) is 12.3 Å². The first-order chi connectivity index (χ1) is 18.3. The third-order valence-electron chi connectivity index (χ3n) is 7.23. The van der Waals surface area contributed by atoms with Crippen molar-refractivity contribution in [3.05, 3.63) is 100 Å². The number of halogens is 3. The highest BCUT2D eigenvalue weighted by molar-refractivity contribution is 6.12. The second kappa shape index (κ2) is 11.2. The molecule has 0 amide bonds. The van der Waals surface area contributed by atoms with Gasteiger partial charge in [0.2, 0.25) is 5.95 Å². The van der Waals surface area contributed by atoms with Crippen LogP contribution in [0, 0.1) is 17.6 Å². The van der Waals surface area contributed by atoms with Gasteiger partial charge in [0.15, 0.2) is 11.6 Å². The molecule has 1 fully saturated rings. The number of hydrogen-bond acceptors (Lipinski definition) is 6. The summed E-state index contributed by atoms with van der Waals surface area (Å²) in [6.07, 6.45) is 3.27. The van der Waals surface area contributed by atoms with Crippen LogP contribution in [-0.4, -0.2) is 60.8 Å². The average molecular weight is 525 g/mol. The Balaban J connectivity index is 1.26. The number of ether oxygens (including phenoxy) is 1. The summed E-state index contributed by atoms with van der Waals surface area (Å²) < 4.78 is 47.2. The molecule has 0 saturated carbocycles. The molecule has 2 aliphatic heterocycles. The fourth-order valence-electron chi connectivity index (χ4n) is 5.05. The molecule has 0 unspecified atom stereocenters. The van der Waals surface area contributed by atoms with Crippen molar-refractivity contribution >= 4 is 5.71 Å². The third kappa shape index (κ3) is 5.75. The first kappa shape index (κ1) is 26.3. The molecule has 9 heteroatoms. The normalized spacial score (nSPS) is 17.3. The lowest BCUT2D eigenvalue weighted by atomic mass is 9.84. The van der Waals surface area contributed by atoms with E-state index in [2.05, 4.69) is 15.0 Å². The zero-order valence-electron chi connectivity index (χ0n) is 21.6. The number of aromatic nitrogens is 1. The van der Waals surface area contributed by atoms with Gasteiger partial charge in [-0.25, -0.2) is 13.8 Å². The molecule has 2 aromatic carbocycles. The van der Waals surface area contributed by atoms with E-state index in [1.165, 1.54) is 12.1 Å². The number of nitrogens with zero attached hydrogens (tertiary/aromatic N) is 4. The number of oxime groups is 1. The summed E-state index contributed by atoms with van der Waals surface area (Å²) in [5.41, 5.74) is 4.28. The molecular formula is C29H31F3N4O2. The Morgan fingerprint density at radius 2 is 1.76 bits per heavy atom. The van der Waals surface area contributed by atoms with Gasteiger partial charge in [-0.15, -0.1) is 0 Å². The second-order valence-corrected chi connectivity index (χ2v) is 10.1. The number of benzene rings is 2. The smallest absolute Gasteiger partial charge is 0.213 e. The molecule has 0 radical (unpaired) electrons. The van der Waals surface area contributed by atoms with Crippen LogP contribution in [0.1, 0.15) is 40.7 Å². The minimum atomic E-state index is -0.933. The van der Waals surface area contributed by atoms with Crippen molar-refractivity contribution in [1.82, 2.24) is 14.8 Å². The maximum Gasteiger partial charge on any atom is 0.213 e. The third-order valence-corrected chi connectivity index (χ3v) is 7.23. The van der Waals surface area contributed by atoms with Gasteiger partial charge in [-0.05, 0) is 62.3 Å². The second-order valence-electron chi connectivity index (χ2n) is 10.1. The van der Waals surface area contributed by atoms with Gasteiger partial charge in [0.05, 0.1) is 12.2 Å². The molecule has 3 aromatic rings. The number of fused-ring (bicyclic) bond motifs is 2. The van der Waals surface area contributed by atoms with Crippen molar-refractivity contribution in [2.75, 3.05) is 40.3 Å². The standard InChI is InChI=1S/C29H31F3N4O2/c1-35(2)13-14-38-34-28(22-7-8-25(30)26(31)15-22)21-5-3-20(4-6-21)18-36-11-9-29(10-12-36)24-17-33-27(32)16-23(24)19-37-29/h3-8,15-17H,9-14,18-19H2,1-2H3/b34-28-. The molecule has 0 aliphatic carbocycles. The Morgan fingerprint density at radius 3 is 2.47 bits per heavy atom. The fourth-order valence-corrected chi connectivity index (χ4v) is 5.05. The van der Waals surface area contributed by atoms with E-state index in [0.29, 0.717) is 31.0 Å². The van der Waals surface area contributed by atoms with Crippen molar-refractivity contribution in [3.63, 3.8) is 0 Å². The van der Waals surface area contributed by atoms with Crippen molar-refractivity contribution in [2.24, 2.45) is 5.16 Å². The van der Waals surface area contributed by atoms with E-state index in [1.54, 1.807) is 6.20 Å². The number of pyridine rings is 1. The van der Waals surface area contributed by atoms with Gasteiger partial charge in [-0.3, -0.25) is 4.90 Å². The highest BCUT2D eigenvalue weighted by Crippen LogP contribution is 2.44. The predicted octanol–water partition coefficient (Wildman–Crippen LogP) is 4.85. The molecule has 2 aliphatic rings. The molecule has 0 N–H and O–H groups in total. The maximum absolute atomic E-state index is 14.0. The molecule has 3 heterocycles. The van der Waals surface area contributed by atoms with Gasteiger partial charge < -0.3 is 14.5 Å². The molecular weight excluding hydrogens is 493 g/mol. The lowest BCUT2D eigenvalue weighted by Gasteiger charge is -2.39. The first-order valence-electron chi connectivity index (χ1n) is 12.7. The van der Waals surface area contributed by atoms with Crippen LogP contribution >= 0.6 is 0 Å². The highest BCUT2D eigenvalue weighted by atomic mass is 19.2. The summed E-state index contributed by atoms with van der Waals surface area (Å²) in [6, 6.07) is 13.1. The SMILES string of the molecule is CN(C)CCO/N=C(/c1ccc(CN2CCC3(CC2)OCc2cc(F)ncc23)cc1)c1ccc(F)c(F)c1. The minimum absolute atomic E-state index is 0.369. The van der Waals surface area contributed by atoms with Gasteiger partial charge in [0, 0.05) is 49.1 Å². The fraction of sp³-hybridized carbons (Fsp3) is 0.379. The van der Waals surface area contributed by atoms with E-state index in [9.17, 15) is 13.2 Å². The van der Waals surface area contributed by atoms with Crippen molar-refractivity contribution in [1.29, 1.82) is 0 Å². The molecule has 38 heavy (non-hydrogen) atoms. The molecule has 200 valence electrons. The van der Waals surface area contributed by atoms with Crippen LogP contribution < -0.4 is 0 Å². The first-order valence-corrected chi connectivity index (χ1v) is 12.7. The van der Waals surface area contributed by atoms with Crippen molar-refractivity contribution in [3.8, 4) is 0 Å². The largest absolute Gasteiger partial charge is 0.394 e. The lowest BCUT2D eigenvalue weighted by molar-refractivity contribution is -0.0800. The molecule has 0 atom stereocenters. The Kier molecular flexibility index (Phi) is 7.78. The number of likely N-dealkylation sites (tertiary alicyclic amines) is 1. The Morgan fingerprint density at radius 1 is 1.03 bits per heavy atom. The van der Waals surface area contributed by atoms with Crippen molar-refractivity contribution in [2.45, 2.75) is 31.6 Å². The van der Waals surface area contributed by atoms with Gasteiger partial charge in [0.25, 0.3) is 0 Å². The van der Waals surface area contributed by atoms with Gasteiger partial charge in [-0.2, -0.15) is 4.39 Å². The number of rotatable bonds is 8. The molecule has 0 bridgehead atoms. The zero-order valence-corrected chi connectivity index (χ0v) is 21.6. The number of likely N-dealkylation sites (N-methyl/N-ethyl adjacent to an activating group) is 1. The molecule has 5 rings (SSSR count). The predicted molar refractivity (Wildman–Crippen MR) is 138 cm³/mol. The summed E-state index contributed by atoms with van der Waals surface area (Å²) in [5, 5.41) is 4.26. The Labute approximate surface area is 220 Å². The summed E-state index contributed by atoms with van der Waals surface area (Å²) in [7, 11) is 3.87. The van der Waals surface area contributed by atoms with Crippen LogP contribution in [0.3, 0.4) is 0 Å². The Hall–Kier alpha value is -3.27. The van der Waals surface area contributed by atoms with E-state index in [4.69, 9.17) is 9.57 Å². The zero-order chi connectivity index (χ0) is 26.7. The van der Waals surface area contributed by atoms with Crippen molar-refractivity contribution < 1.29 is 22.7 Å². The summed E-state index contributed by atoms with van der Waals surface area (Å²) in [6.45, 7) is 3.93. The van der Waals surface area contributed by atoms with E-state index >= 15 is 0 Å². The van der Waals surface area contributed by atoms with Crippen LogP contribution in [0.2, 0.25) is 0 Å². The number of piperidine rings is 1. The van der Waals surface area contributed by atoms with E-state index in [-0.39, 0.29) is 5.60 Å². The van der Waals surface area contributed by atoms with Crippen LogP contribution in [0.15, 0.2) is 59.9 Å². The summed E-state index contributed by atoms with van der Waals surface area (Å²) in [5.74, 6) is -2.31. The summed E-state index contributed by atoms with van der Waals surface area (Å²) >= 11 is 0. The average Bonchev–Trinajstić information content (AvgIpc) is 3.24. The molecule has 1 aromatic heterocycles. The minimum Gasteiger partial charge on any atom is -0.394 e. The quantitative estimate of drug-likeness (QED) is 0.183. The lowest BCUT2D eigenvalue weighted by Crippen LogP contribution is -2.42. The monoisotopic (exact) mass is 524 g/mol. The topological polar surface area (TPSA) is 50.2 Å². The summed E-state index contributed by atoms with van der Waals surface area (Å²) in [4.78, 5) is 13.7. The molecule has 6 nitrogen and oxygen atoms in total. The van der Waals surface area contributed by atoms with E-state index < -0.39 is 17.6 Å². The molecule has 1 spiro atoms. The van der Waals surface area contributed by atoms with Gasteiger partial charge in [-0.1, -0.05) is 29.4 Å². The highest BCUT2D eigenvalue weighted by Gasteiger charge is 2.43. The van der Waals surface area contributed by atoms with Gasteiger partial charge >= 0.3 is 0 Å². The van der Waals surface area contributed by atoms with E-state index in [1.807, 2.05) is 43.3 Å².